The van der Waals surface area contributed by atoms with Gasteiger partial charge in [0, 0.05) is 24.7 Å². The molecule has 1 atom stereocenters. The van der Waals surface area contributed by atoms with Crippen LogP contribution in [0.25, 0.3) is 10.2 Å². The normalized spacial score (nSPS) is 16.8. The van der Waals surface area contributed by atoms with Crippen LogP contribution in [-0.2, 0) is 14.8 Å². The van der Waals surface area contributed by atoms with Gasteiger partial charge in [0.2, 0.25) is 15.9 Å². The van der Waals surface area contributed by atoms with Crippen LogP contribution in [0.3, 0.4) is 0 Å². The Bertz CT molecular complexity index is 1330. The van der Waals surface area contributed by atoms with Crippen molar-refractivity contribution in [1.82, 2.24) is 14.2 Å². The lowest BCUT2D eigenvalue weighted by atomic mass is 10.2. The summed E-state index contributed by atoms with van der Waals surface area (Å²) in [6, 6.07) is 9.18. The number of aromatic nitrogens is 1. The molecule has 0 aliphatic carbocycles. The van der Waals surface area contributed by atoms with E-state index in [0.29, 0.717) is 48.4 Å². The first-order chi connectivity index (χ1) is 16.6. The number of hydrogen-bond donors (Lipinski definition) is 0. The van der Waals surface area contributed by atoms with E-state index < -0.39 is 16.1 Å². The molecule has 1 fully saturated rings. The second kappa shape index (κ2) is 10.4. The summed E-state index contributed by atoms with van der Waals surface area (Å²) >= 11 is 7.70. The van der Waals surface area contributed by atoms with E-state index in [0.717, 1.165) is 15.8 Å². The Hall–Kier alpha value is -2.24. The first-order valence-electron chi connectivity index (χ1n) is 11.3. The van der Waals surface area contributed by atoms with E-state index in [1.54, 1.807) is 17.0 Å². The topological polar surface area (TPSA) is 83.0 Å². The molecule has 3 aromatic rings. The lowest BCUT2D eigenvalue weighted by molar-refractivity contribution is -0.121. The minimum Gasteiger partial charge on any atom is -0.497 e. The summed E-state index contributed by atoms with van der Waals surface area (Å²) in [5.41, 5.74) is 1.62. The van der Waals surface area contributed by atoms with Gasteiger partial charge in [0.25, 0.3) is 0 Å². The van der Waals surface area contributed by atoms with Crippen molar-refractivity contribution in [2.75, 3.05) is 45.7 Å². The largest absolute Gasteiger partial charge is 0.497 e. The molecule has 188 valence electrons. The third kappa shape index (κ3) is 5.17. The van der Waals surface area contributed by atoms with Gasteiger partial charge in [-0.05, 0) is 75.8 Å². The van der Waals surface area contributed by atoms with Gasteiger partial charge in [-0.2, -0.15) is 4.31 Å². The van der Waals surface area contributed by atoms with Crippen molar-refractivity contribution in [3.05, 3.63) is 47.0 Å². The first kappa shape index (κ1) is 25.8. The number of ether oxygens (including phenoxy) is 1. The van der Waals surface area contributed by atoms with Crippen LogP contribution in [0.1, 0.15) is 18.4 Å². The SMILES string of the molecule is COc1ccc(S(=O)(=O)N2CCCC2C(=O)N(CCN(C)C)c2nc3c(C)c(Cl)ccc3s2)cc1. The maximum atomic E-state index is 13.9. The van der Waals surface area contributed by atoms with Crippen LogP contribution < -0.4 is 9.64 Å². The van der Waals surface area contributed by atoms with Gasteiger partial charge in [0.1, 0.15) is 11.8 Å². The van der Waals surface area contributed by atoms with E-state index in [2.05, 4.69) is 0 Å². The van der Waals surface area contributed by atoms with Crippen LogP contribution in [0, 0.1) is 6.92 Å². The lowest BCUT2D eigenvalue weighted by Gasteiger charge is -2.29. The van der Waals surface area contributed by atoms with E-state index in [-0.39, 0.29) is 10.8 Å². The number of benzene rings is 2. The standard InChI is InChI=1S/C24H29ClN4O4S2/c1-16-19(25)11-12-21-22(16)26-24(34-21)28(15-14-27(2)3)23(30)20-6-5-13-29(20)35(31,32)18-9-7-17(33-4)8-10-18/h7-12,20H,5-6,13-15H2,1-4H3. The first-order valence-corrected chi connectivity index (χ1v) is 13.9. The predicted octanol–water partition coefficient (Wildman–Crippen LogP) is 4.01. The number of sulfonamides is 1. The number of aryl methyl sites for hydroxylation is 1. The Morgan fingerprint density at radius 3 is 2.57 bits per heavy atom. The fourth-order valence-corrected chi connectivity index (χ4v) is 7.00. The van der Waals surface area contributed by atoms with Crippen LogP contribution >= 0.6 is 22.9 Å². The van der Waals surface area contributed by atoms with Crippen LogP contribution in [0.5, 0.6) is 5.75 Å². The highest BCUT2D eigenvalue weighted by molar-refractivity contribution is 7.89. The van der Waals surface area contributed by atoms with Gasteiger partial charge < -0.3 is 9.64 Å². The minimum atomic E-state index is -3.86. The molecule has 35 heavy (non-hydrogen) atoms. The molecule has 1 aromatic heterocycles. The molecule has 0 saturated carbocycles. The van der Waals surface area contributed by atoms with Crippen molar-refractivity contribution in [3.8, 4) is 5.75 Å². The van der Waals surface area contributed by atoms with Crippen molar-refractivity contribution in [2.45, 2.75) is 30.7 Å². The third-order valence-electron chi connectivity index (χ3n) is 6.16. The molecule has 2 aromatic carbocycles. The van der Waals surface area contributed by atoms with E-state index in [9.17, 15) is 13.2 Å². The van der Waals surface area contributed by atoms with Crippen LogP contribution in [0.4, 0.5) is 5.13 Å². The summed E-state index contributed by atoms with van der Waals surface area (Å²) < 4.78 is 34.4. The zero-order chi connectivity index (χ0) is 25.3. The van der Waals surface area contributed by atoms with Gasteiger partial charge in [-0.3, -0.25) is 9.69 Å². The number of amides is 1. The predicted molar refractivity (Wildman–Crippen MR) is 140 cm³/mol. The average molecular weight is 537 g/mol. The molecule has 0 bridgehead atoms. The van der Waals surface area contributed by atoms with E-state index in [1.165, 1.54) is 34.9 Å². The third-order valence-corrected chi connectivity index (χ3v) is 9.53. The molecule has 1 amide bonds. The second-order valence-corrected chi connectivity index (χ2v) is 12.1. The highest BCUT2D eigenvalue weighted by Gasteiger charge is 2.42. The molecule has 1 aliphatic rings. The molecule has 0 radical (unpaired) electrons. The van der Waals surface area contributed by atoms with E-state index in [4.69, 9.17) is 21.3 Å². The van der Waals surface area contributed by atoms with Gasteiger partial charge >= 0.3 is 0 Å². The zero-order valence-electron chi connectivity index (χ0n) is 20.2. The monoisotopic (exact) mass is 536 g/mol. The van der Waals surface area contributed by atoms with Crippen LogP contribution in [0.2, 0.25) is 5.02 Å². The Morgan fingerprint density at radius 1 is 1.20 bits per heavy atom. The molecule has 0 N–H and O–H groups in total. The lowest BCUT2D eigenvalue weighted by Crippen LogP contribution is -2.49. The number of carbonyl (C=O) groups excluding carboxylic acids is 1. The summed E-state index contributed by atoms with van der Waals surface area (Å²) in [4.78, 5) is 22.4. The molecular formula is C24H29ClN4O4S2. The number of rotatable bonds is 8. The molecule has 1 aliphatic heterocycles. The fraction of sp³-hybridized carbons (Fsp3) is 0.417. The molecule has 1 unspecified atom stereocenters. The summed E-state index contributed by atoms with van der Waals surface area (Å²) in [5, 5.41) is 1.17. The summed E-state index contributed by atoms with van der Waals surface area (Å²) in [6.45, 7) is 3.20. The number of carbonyl (C=O) groups is 1. The second-order valence-electron chi connectivity index (χ2n) is 8.76. The number of nitrogens with zero attached hydrogens (tertiary/aromatic N) is 4. The van der Waals surface area contributed by atoms with Crippen molar-refractivity contribution < 1.29 is 17.9 Å². The molecule has 4 rings (SSSR count). The zero-order valence-corrected chi connectivity index (χ0v) is 22.6. The highest BCUT2D eigenvalue weighted by Crippen LogP contribution is 2.35. The number of likely N-dealkylation sites (N-methyl/N-ethyl adjacent to an activating group) is 1. The Kier molecular flexibility index (Phi) is 7.68. The van der Waals surface area contributed by atoms with Crippen molar-refractivity contribution in [2.24, 2.45) is 0 Å². The van der Waals surface area contributed by atoms with Gasteiger partial charge in [0.05, 0.1) is 22.2 Å². The average Bonchev–Trinajstić information content (AvgIpc) is 3.50. The molecule has 8 nitrogen and oxygen atoms in total. The Balaban J connectivity index is 1.68. The number of anilines is 1. The highest BCUT2D eigenvalue weighted by atomic mass is 35.5. The van der Waals surface area contributed by atoms with Gasteiger partial charge in [-0.1, -0.05) is 22.9 Å². The fourth-order valence-electron chi connectivity index (χ4n) is 4.14. The molecular weight excluding hydrogens is 508 g/mol. The van der Waals surface area contributed by atoms with Gasteiger partial charge in [-0.25, -0.2) is 13.4 Å². The van der Waals surface area contributed by atoms with Gasteiger partial charge in [0.15, 0.2) is 5.13 Å². The molecule has 11 heteroatoms. The number of fused-ring (bicyclic) bond motifs is 1. The van der Waals surface area contributed by atoms with Gasteiger partial charge in [-0.15, -0.1) is 0 Å². The minimum absolute atomic E-state index is 0.142. The molecule has 1 saturated heterocycles. The van der Waals surface area contributed by atoms with Crippen LogP contribution in [0.15, 0.2) is 41.3 Å². The van der Waals surface area contributed by atoms with Crippen molar-refractivity contribution in [3.63, 3.8) is 0 Å². The summed E-state index contributed by atoms with van der Waals surface area (Å²) in [7, 11) is 1.53. The number of methoxy groups -OCH3 is 1. The van der Waals surface area contributed by atoms with Crippen molar-refractivity contribution >= 4 is 54.2 Å². The van der Waals surface area contributed by atoms with Crippen molar-refractivity contribution in [1.29, 1.82) is 0 Å². The van der Waals surface area contributed by atoms with E-state index >= 15 is 0 Å². The maximum absolute atomic E-state index is 13.9. The maximum Gasteiger partial charge on any atom is 0.247 e. The van der Waals surface area contributed by atoms with E-state index in [1.807, 2.05) is 38.1 Å². The van der Waals surface area contributed by atoms with Crippen LogP contribution in [-0.4, -0.2) is 75.4 Å². The smallest absolute Gasteiger partial charge is 0.247 e. The Labute approximate surface area is 215 Å². The number of halogens is 1. The molecule has 0 spiro atoms. The Morgan fingerprint density at radius 2 is 1.91 bits per heavy atom. The number of thiazole rings is 1. The number of hydrogen-bond acceptors (Lipinski definition) is 7. The summed E-state index contributed by atoms with van der Waals surface area (Å²) in [6.07, 6.45) is 1.07. The quantitative estimate of drug-likeness (QED) is 0.432. The molecule has 2 heterocycles. The summed E-state index contributed by atoms with van der Waals surface area (Å²) in [5.74, 6) is 0.309.